The lowest BCUT2D eigenvalue weighted by molar-refractivity contribution is 0.0987. The quantitative estimate of drug-likeness (QED) is 0.598. The summed E-state index contributed by atoms with van der Waals surface area (Å²) in [6.07, 6.45) is 3.82. The number of nitrogen functional groups attached to an aromatic ring is 1. The Labute approximate surface area is 206 Å². The predicted molar refractivity (Wildman–Crippen MR) is 140 cm³/mol. The van der Waals surface area contributed by atoms with Crippen LogP contribution in [0.1, 0.15) is 19.8 Å². The maximum atomic E-state index is 5.78. The Balaban J connectivity index is 1.53. The maximum Gasteiger partial charge on any atom is 0.229 e. The third-order valence-electron chi connectivity index (χ3n) is 7.07. The van der Waals surface area contributed by atoms with Crippen LogP contribution in [0.2, 0.25) is 0 Å². The number of fused-ring (bicyclic) bond motifs is 1. The van der Waals surface area contributed by atoms with Gasteiger partial charge in [0.2, 0.25) is 5.95 Å². The Bertz CT molecular complexity index is 1200. The Hall–Kier alpha value is -3.46. The normalized spacial score (nSPS) is 19.2. The number of morpholine rings is 1. The molecule has 2 fully saturated rings. The van der Waals surface area contributed by atoms with Crippen LogP contribution in [0.3, 0.4) is 0 Å². The molecule has 9 heteroatoms. The minimum absolute atomic E-state index is 0.227. The van der Waals surface area contributed by atoms with Crippen molar-refractivity contribution in [3.8, 4) is 11.3 Å². The number of rotatable bonds is 5. The number of nitrogens with zero attached hydrogens (tertiary/aromatic N) is 7. The fourth-order valence-corrected chi connectivity index (χ4v) is 4.88. The Morgan fingerprint density at radius 2 is 1.89 bits per heavy atom. The van der Waals surface area contributed by atoms with E-state index in [2.05, 4.69) is 53.3 Å². The molecule has 0 spiro atoms. The summed E-state index contributed by atoms with van der Waals surface area (Å²) in [5.74, 6) is 2.64. The summed E-state index contributed by atoms with van der Waals surface area (Å²) in [4.78, 5) is 26.0. The molecular formula is C26H34N8O. The molecule has 0 saturated carbocycles. The molecule has 5 heterocycles. The Morgan fingerprint density at radius 3 is 2.57 bits per heavy atom. The van der Waals surface area contributed by atoms with Gasteiger partial charge in [-0.1, -0.05) is 6.58 Å². The molecule has 0 amide bonds. The topological polar surface area (TPSA) is 96.5 Å². The van der Waals surface area contributed by atoms with E-state index in [1.807, 2.05) is 12.1 Å². The van der Waals surface area contributed by atoms with E-state index in [0.717, 1.165) is 60.9 Å². The molecule has 184 valence electrons. The summed E-state index contributed by atoms with van der Waals surface area (Å²) >= 11 is 0. The average Bonchev–Trinajstić information content (AvgIpc) is 2.88. The highest BCUT2D eigenvalue weighted by Crippen LogP contribution is 2.32. The lowest BCUT2D eigenvalue weighted by atomic mass is 9.94. The zero-order valence-corrected chi connectivity index (χ0v) is 20.8. The molecule has 2 aliphatic heterocycles. The summed E-state index contributed by atoms with van der Waals surface area (Å²) in [6, 6.07) is 8.03. The average molecular weight is 475 g/mol. The molecule has 3 aromatic heterocycles. The lowest BCUT2D eigenvalue weighted by Crippen LogP contribution is -2.44. The van der Waals surface area contributed by atoms with E-state index < -0.39 is 0 Å². The van der Waals surface area contributed by atoms with Crippen LogP contribution >= 0.6 is 0 Å². The van der Waals surface area contributed by atoms with Crippen LogP contribution in [-0.4, -0.2) is 77.8 Å². The molecule has 5 rings (SSSR count). The minimum Gasteiger partial charge on any atom is -0.384 e. The van der Waals surface area contributed by atoms with E-state index in [0.29, 0.717) is 30.6 Å². The second-order valence-corrected chi connectivity index (χ2v) is 9.65. The van der Waals surface area contributed by atoms with Crippen molar-refractivity contribution in [3.05, 3.63) is 42.7 Å². The van der Waals surface area contributed by atoms with Crippen molar-refractivity contribution in [1.82, 2.24) is 24.8 Å². The second-order valence-electron chi connectivity index (χ2n) is 9.65. The van der Waals surface area contributed by atoms with Crippen molar-refractivity contribution >= 4 is 28.6 Å². The first-order chi connectivity index (χ1) is 16.9. The van der Waals surface area contributed by atoms with Crippen molar-refractivity contribution in [3.63, 3.8) is 0 Å². The Morgan fingerprint density at radius 1 is 1.09 bits per heavy atom. The molecule has 0 bridgehead atoms. The van der Waals surface area contributed by atoms with Gasteiger partial charge in [-0.05, 0) is 44.0 Å². The monoisotopic (exact) mass is 474 g/mol. The van der Waals surface area contributed by atoms with Crippen LogP contribution in [0.4, 0.5) is 17.6 Å². The summed E-state index contributed by atoms with van der Waals surface area (Å²) in [5.41, 5.74) is 9.38. The van der Waals surface area contributed by atoms with E-state index in [4.69, 9.17) is 25.4 Å². The first kappa shape index (κ1) is 23.3. The molecule has 2 N–H and O–H groups in total. The highest BCUT2D eigenvalue weighted by molar-refractivity contribution is 5.90. The predicted octanol–water partition coefficient (Wildman–Crippen LogP) is 3.19. The second kappa shape index (κ2) is 9.65. The number of pyridine rings is 2. The van der Waals surface area contributed by atoms with Gasteiger partial charge in [-0.2, -0.15) is 9.97 Å². The van der Waals surface area contributed by atoms with Gasteiger partial charge in [0.1, 0.15) is 11.6 Å². The number of hydrogen-bond donors (Lipinski definition) is 1. The number of hydrogen-bond acceptors (Lipinski definition) is 9. The zero-order valence-electron chi connectivity index (χ0n) is 20.8. The van der Waals surface area contributed by atoms with Gasteiger partial charge in [-0.25, -0.2) is 9.97 Å². The van der Waals surface area contributed by atoms with Crippen molar-refractivity contribution in [1.29, 1.82) is 0 Å². The van der Waals surface area contributed by atoms with Crippen LogP contribution in [0.15, 0.2) is 42.7 Å². The highest BCUT2D eigenvalue weighted by atomic mass is 16.5. The SMILES string of the molecule is C=C(C1CCN(c2nc(N3CCOC[C@@H]3C)c3ccc(-c4ccc(N)nc4)nc3n2)CC1)N(C)C. The fourth-order valence-electron chi connectivity index (χ4n) is 4.88. The van der Waals surface area contributed by atoms with Gasteiger partial charge in [0.15, 0.2) is 5.65 Å². The minimum atomic E-state index is 0.227. The first-order valence-electron chi connectivity index (χ1n) is 12.3. The first-order valence-corrected chi connectivity index (χ1v) is 12.3. The maximum absolute atomic E-state index is 5.78. The number of aromatic nitrogens is 4. The summed E-state index contributed by atoms with van der Waals surface area (Å²) in [7, 11) is 4.13. The van der Waals surface area contributed by atoms with Crippen LogP contribution in [-0.2, 0) is 4.74 Å². The molecule has 0 radical (unpaired) electrons. The van der Waals surface area contributed by atoms with Crippen LogP contribution in [0, 0.1) is 5.92 Å². The molecule has 3 aromatic rings. The molecule has 35 heavy (non-hydrogen) atoms. The van der Waals surface area contributed by atoms with Gasteiger partial charge in [0, 0.05) is 57.1 Å². The van der Waals surface area contributed by atoms with Gasteiger partial charge >= 0.3 is 0 Å². The fraction of sp³-hybridized carbons (Fsp3) is 0.462. The van der Waals surface area contributed by atoms with Crippen molar-refractivity contribution in [2.45, 2.75) is 25.8 Å². The summed E-state index contributed by atoms with van der Waals surface area (Å²) in [6.45, 7) is 10.4. The van der Waals surface area contributed by atoms with E-state index in [9.17, 15) is 0 Å². The van der Waals surface area contributed by atoms with E-state index in [1.54, 1.807) is 12.3 Å². The van der Waals surface area contributed by atoms with E-state index in [-0.39, 0.29) is 6.04 Å². The molecule has 0 aliphatic carbocycles. The van der Waals surface area contributed by atoms with Gasteiger partial charge in [0.05, 0.1) is 30.3 Å². The number of ether oxygens (including phenoxy) is 1. The van der Waals surface area contributed by atoms with Gasteiger partial charge in [-0.3, -0.25) is 0 Å². The third kappa shape index (κ3) is 4.73. The van der Waals surface area contributed by atoms with Crippen LogP contribution in [0.25, 0.3) is 22.3 Å². The smallest absolute Gasteiger partial charge is 0.229 e. The number of anilines is 3. The molecule has 0 unspecified atom stereocenters. The van der Waals surface area contributed by atoms with Crippen molar-refractivity contribution in [2.24, 2.45) is 5.92 Å². The van der Waals surface area contributed by atoms with Crippen molar-refractivity contribution < 1.29 is 4.74 Å². The largest absolute Gasteiger partial charge is 0.384 e. The van der Waals surface area contributed by atoms with Crippen molar-refractivity contribution in [2.75, 3.05) is 62.5 Å². The summed E-state index contributed by atoms with van der Waals surface area (Å²) in [5, 5.41) is 0.950. The molecule has 2 aliphatic rings. The highest BCUT2D eigenvalue weighted by Gasteiger charge is 2.27. The lowest BCUT2D eigenvalue weighted by Gasteiger charge is -2.37. The van der Waals surface area contributed by atoms with Crippen LogP contribution in [0.5, 0.6) is 0 Å². The third-order valence-corrected chi connectivity index (χ3v) is 7.07. The van der Waals surface area contributed by atoms with E-state index in [1.165, 1.54) is 5.70 Å². The molecular weight excluding hydrogens is 440 g/mol. The van der Waals surface area contributed by atoms with Gasteiger partial charge < -0.3 is 25.2 Å². The van der Waals surface area contributed by atoms with Gasteiger partial charge in [0.25, 0.3) is 0 Å². The number of nitrogens with two attached hydrogens (primary N) is 1. The molecule has 0 aromatic carbocycles. The van der Waals surface area contributed by atoms with Crippen LogP contribution < -0.4 is 15.5 Å². The molecule has 1 atom stereocenters. The van der Waals surface area contributed by atoms with E-state index >= 15 is 0 Å². The summed E-state index contributed by atoms with van der Waals surface area (Å²) < 4.78 is 5.69. The zero-order chi connectivity index (χ0) is 24.5. The molecule has 9 nitrogen and oxygen atoms in total. The van der Waals surface area contributed by atoms with Gasteiger partial charge in [-0.15, -0.1) is 0 Å². The molecule has 2 saturated heterocycles. The number of allylic oxidation sites excluding steroid dienone is 1. The standard InChI is InChI=1S/C26H34N8O/c1-17-16-35-14-13-34(17)25-21-6-7-22(20-5-8-23(27)28-15-20)29-24(21)30-26(31-25)33-11-9-19(10-12-33)18(2)32(3)4/h5-8,15,17,19H,2,9-14,16H2,1,3-4H3,(H2,27,28)/t17-/m0/s1. The number of piperidine rings is 1. The Kier molecular flexibility index (Phi) is 6.42.